The Balaban J connectivity index is 1.60. The lowest BCUT2D eigenvalue weighted by Crippen LogP contribution is -2.20. The summed E-state index contributed by atoms with van der Waals surface area (Å²) < 4.78 is 16.4. The normalized spacial score (nSPS) is 10.3. The Bertz CT molecular complexity index is 1060. The second-order valence-corrected chi connectivity index (χ2v) is 7.20. The fourth-order valence-electron chi connectivity index (χ4n) is 3.01. The first-order valence-electron chi connectivity index (χ1n) is 9.73. The van der Waals surface area contributed by atoms with Crippen LogP contribution in [0.15, 0.2) is 60.7 Å². The fraction of sp³-hybridized carbons (Fsp3) is 0.208. The van der Waals surface area contributed by atoms with Gasteiger partial charge in [0.05, 0.1) is 19.9 Å². The number of hydrogen-bond donors (Lipinski definition) is 2. The molecule has 3 aromatic carbocycles. The average molecular weight is 441 g/mol. The minimum Gasteiger partial charge on any atom is -0.495 e. The predicted molar refractivity (Wildman–Crippen MR) is 124 cm³/mol. The average Bonchev–Trinajstić information content (AvgIpc) is 2.79. The molecule has 0 atom stereocenters. The second kappa shape index (κ2) is 10.6. The van der Waals surface area contributed by atoms with Crippen molar-refractivity contribution >= 4 is 28.9 Å². The third kappa shape index (κ3) is 5.83. The van der Waals surface area contributed by atoms with Crippen molar-refractivity contribution in [3.63, 3.8) is 0 Å². The SMILES string of the molecule is COc1ccccc1NC(=O)COc1ccc(CNc2cccc(Cl)c2C)cc1OC. The van der Waals surface area contributed by atoms with Gasteiger partial charge in [0.25, 0.3) is 5.91 Å². The minimum atomic E-state index is -0.297. The molecule has 0 aromatic heterocycles. The number of amides is 1. The summed E-state index contributed by atoms with van der Waals surface area (Å²) in [6.07, 6.45) is 0. The van der Waals surface area contributed by atoms with Gasteiger partial charge in [-0.1, -0.05) is 35.9 Å². The standard InChI is InChI=1S/C24H25ClN2O4/c1-16-18(25)7-6-9-19(16)26-14-17-11-12-22(23(13-17)30-3)31-15-24(28)27-20-8-4-5-10-21(20)29-2/h4-13,26H,14-15H2,1-3H3,(H,27,28). The molecule has 3 aromatic rings. The molecule has 0 spiro atoms. The van der Waals surface area contributed by atoms with E-state index in [1.165, 1.54) is 0 Å². The van der Waals surface area contributed by atoms with Gasteiger partial charge < -0.3 is 24.8 Å². The molecule has 2 N–H and O–H groups in total. The maximum Gasteiger partial charge on any atom is 0.262 e. The van der Waals surface area contributed by atoms with Crippen LogP contribution in [0.4, 0.5) is 11.4 Å². The summed E-state index contributed by atoms with van der Waals surface area (Å²) in [6.45, 7) is 2.40. The minimum absolute atomic E-state index is 0.159. The number of anilines is 2. The molecule has 7 heteroatoms. The second-order valence-electron chi connectivity index (χ2n) is 6.79. The molecule has 6 nitrogen and oxygen atoms in total. The Hall–Kier alpha value is -3.38. The topological polar surface area (TPSA) is 68.8 Å². The molecule has 0 saturated heterocycles. The number of rotatable bonds is 9. The van der Waals surface area contributed by atoms with Gasteiger partial charge in [0.1, 0.15) is 5.75 Å². The number of para-hydroxylation sites is 2. The predicted octanol–water partition coefficient (Wildman–Crippen LogP) is 5.30. The number of carbonyl (C=O) groups is 1. The fourth-order valence-corrected chi connectivity index (χ4v) is 3.19. The van der Waals surface area contributed by atoms with Gasteiger partial charge >= 0.3 is 0 Å². The first kappa shape index (κ1) is 22.3. The van der Waals surface area contributed by atoms with E-state index in [-0.39, 0.29) is 12.5 Å². The summed E-state index contributed by atoms with van der Waals surface area (Å²) in [5.41, 5.74) is 3.56. The maximum atomic E-state index is 12.3. The summed E-state index contributed by atoms with van der Waals surface area (Å²) in [7, 11) is 3.12. The van der Waals surface area contributed by atoms with E-state index in [0.717, 1.165) is 21.8 Å². The Morgan fingerprint density at radius 3 is 2.42 bits per heavy atom. The van der Waals surface area contributed by atoms with Crippen LogP contribution in [-0.4, -0.2) is 26.7 Å². The number of carbonyl (C=O) groups excluding carboxylic acids is 1. The molecule has 3 rings (SSSR count). The molecule has 0 aliphatic carbocycles. The van der Waals surface area contributed by atoms with E-state index in [4.69, 9.17) is 25.8 Å². The quantitative estimate of drug-likeness (QED) is 0.472. The number of methoxy groups -OCH3 is 2. The molecular formula is C24H25ClN2O4. The van der Waals surface area contributed by atoms with Crippen molar-refractivity contribution in [2.45, 2.75) is 13.5 Å². The molecule has 162 valence electrons. The molecular weight excluding hydrogens is 416 g/mol. The molecule has 0 radical (unpaired) electrons. The zero-order valence-corrected chi connectivity index (χ0v) is 18.5. The number of ether oxygens (including phenoxy) is 3. The van der Waals surface area contributed by atoms with Crippen molar-refractivity contribution in [3.05, 3.63) is 76.8 Å². The van der Waals surface area contributed by atoms with Gasteiger partial charge in [-0.15, -0.1) is 0 Å². The highest BCUT2D eigenvalue weighted by Crippen LogP contribution is 2.29. The molecule has 0 bridgehead atoms. The van der Waals surface area contributed by atoms with Gasteiger partial charge in [-0.25, -0.2) is 0 Å². The zero-order valence-electron chi connectivity index (χ0n) is 17.7. The summed E-state index contributed by atoms with van der Waals surface area (Å²) in [4.78, 5) is 12.3. The van der Waals surface area contributed by atoms with E-state index in [2.05, 4.69) is 10.6 Å². The molecule has 0 heterocycles. The maximum absolute atomic E-state index is 12.3. The zero-order chi connectivity index (χ0) is 22.2. The van der Waals surface area contributed by atoms with E-state index in [1.54, 1.807) is 32.4 Å². The van der Waals surface area contributed by atoms with Crippen LogP contribution in [0.5, 0.6) is 17.2 Å². The first-order valence-corrected chi connectivity index (χ1v) is 10.1. The highest BCUT2D eigenvalue weighted by Gasteiger charge is 2.11. The van der Waals surface area contributed by atoms with Gasteiger partial charge in [0.15, 0.2) is 18.1 Å². The van der Waals surface area contributed by atoms with E-state index in [9.17, 15) is 4.79 Å². The van der Waals surface area contributed by atoms with Crippen LogP contribution >= 0.6 is 11.6 Å². The highest BCUT2D eigenvalue weighted by atomic mass is 35.5. The highest BCUT2D eigenvalue weighted by molar-refractivity contribution is 6.31. The number of hydrogen-bond acceptors (Lipinski definition) is 5. The van der Waals surface area contributed by atoms with Crippen molar-refractivity contribution in [2.24, 2.45) is 0 Å². The number of halogens is 1. The molecule has 0 saturated carbocycles. The van der Waals surface area contributed by atoms with Crippen molar-refractivity contribution in [1.82, 2.24) is 0 Å². The van der Waals surface area contributed by atoms with Gasteiger partial charge in [0, 0.05) is 17.3 Å². The molecule has 0 aliphatic rings. The van der Waals surface area contributed by atoms with Crippen molar-refractivity contribution in [3.8, 4) is 17.2 Å². The Kier molecular flexibility index (Phi) is 7.62. The first-order chi connectivity index (χ1) is 15.0. The van der Waals surface area contributed by atoms with E-state index in [0.29, 0.717) is 29.5 Å². The number of nitrogens with one attached hydrogen (secondary N) is 2. The summed E-state index contributed by atoms with van der Waals surface area (Å²) in [5.74, 6) is 1.32. The smallest absolute Gasteiger partial charge is 0.262 e. The molecule has 31 heavy (non-hydrogen) atoms. The summed E-state index contributed by atoms with van der Waals surface area (Å²) in [6, 6.07) is 18.5. The molecule has 0 unspecified atom stereocenters. The lowest BCUT2D eigenvalue weighted by atomic mass is 10.1. The Morgan fingerprint density at radius 2 is 1.65 bits per heavy atom. The van der Waals surface area contributed by atoms with Crippen LogP contribution in [0, 0.1) is 6.92 Å². The van der Waals surface area contributed by atoms with E-state index >= 15 is 0 Å². The van der Waals surface area contributed by atoms with Gasteiger partial charge in [-0.3, -0.25) is 4.79 Å². The van der Waals surface area contributed by atoms with Crippen LogP contribution < -0.4 is 24.8 Å². The van der Waals surface area contributed by atoms with E-state index in [1.807, 2.05) is 49.4 Å². The lowest BCUT2D eigenvalue weighted by Gasteiger charge is -2.14. The van der Waals surface area contributed by atoms with Gasteiger partial charge in [-0.2, -0.15) is 0 Å². The molecule has 0 aliphatic heterocycles. The van der Waals surface area contributed by atoms with Crippen LogP contribution in [0.3, 0.4) is 0 Å². The monoisotopic (exact) mass is 440 g/mol. The molecule has 1 amide bonds. The van der Waals surface area contributed by atoms with E-state index < -0.39 is 0 Å². The van der Waals surface area contributed by atoms with Crippen LogP contribution in [0.1, 0.15) is 11.1 Å². The summed E-state index contributed by atoms with van der Waals surface area (Å²) >= 11 is 6.18. The van der Waals surface area contributed by atoms with Crippen molar-refractivity contribution in [2.75, 3.05) is 31.5 Å². The van der Waals surface area contributed by atoms with Crippen LogP contribution in [0.25, 0.3) is 0 Å². The third-order valence-electron chi connectivity index (χ3n) is 4.72. The largest absolute Gasteiger partial charge is 0.495 e. The van der Waals surface area contributed by atoms with Gasteiger partial charge in [0.2, 0.25) is 0 Å². The van der Waals surface area contributed by atoms with Crippen molar-refractivity contribution in [1.29, 1.82) is 0 Å². The van der Waals surface area contributed by atoms with Gasteiger partial charge in [-0.05, 0) is 54.4 Å². The summed E-state index contributed by atoms with van der Waals surface area (Å²) in [5, 5.41) is 6.87. The number of benzene rings is 3. The third-order valence-corrected chi connectivity index (χ3v) is 5.13. The Morgan fingerprint density at radius 1 is 0.903 bits per heavy atom. The Labute approximate surface area is 187 Å². The van der Waals surface area contributed by atoms with Crippen LogP contribution in [0.2, 0.25) is 5.02 Å². The van der Waals surface area contributed by atoms with Crippen molar-refractivity contribution < 1.29 is 19.0 Å². The molecule has 0 fully saturated rings. The van der Waals surface area contributed by atoms with Crippen LogP contribution in [-0.2, 0) is 11.3 Å². The lowest BCUT2D eigenvalue weighted by molar-refractivity contribution is -0.118.